The second kappa shape index (κ2) is 6.31. The van der Waals surface area contributed by atoms with Crippen LogP contribution in [0.1, 0.15) is 25.0 Å². The number of methoxy groups -OCH3 is 1. The highest BCUT2D eigenvalue weighted by molar-refractivity contribution is 5.66. The molecule has 21 heavy (non-hydrogen) atoms. The van der Waals surface area contributed by atoms with Gasteiger partial charge < -0.3 is 10.1 Å². The van der Waals surface area contributed by atoms with Gasteiger partial charge in [-0.3, -0.25) is 4.68 Å². The molecule has 3 rings (SSSR count). The lowest BCUT2D eigenvalue weighted by molar-refractivity contribution is 0.393. The summed E-state index contributed by atoms with van der Waals surface area (Å²) in [7, 11) is 3.73. The van der Waals surface area contributed by atoms with Crippen molar-refractivity contribution in [2.24, 2.45) is 7.05 Å². The maximum Gasteiger partial charge on any atom is 0.118 e. The van der Waals surface area contributed by atoms with Crippen LogP contribution in [0.2, 0.25) is 0 Å². The molecular formula is C17H23N3O. The fourth-order valence-corrected chi connectivity index (χ4v) is 3.05. The van der Waals surface area contributed by atoms with Crippen LogP contribution in [-0.4, -0.2) is 29.5 Å². The van der Waals surface area contributed by atoms with Crippen LogP contribution in [0.25, 0.3) is 11.1 Å². The first-order valence-electron chi connectivity index (χ1n) is 7.66. The van der Waals surface area contributed by atoms with Gasteiger partial charge in [-0.05, 0) is 37.1 Å². The molecule has 1 atom stereocenters. The Kier molecular flexibility index (Phi) is 4.25. The first-order chi connectivity index (χ1) is 10.3. The van der Waals surface area contributed by atoms with Crippen molar-refractivity contribution < 1.29 is 4.74 Å². The second-order valence-electron chi connectivity index (χ2n) is 5.71. The summed E-state index contributed by atoms with van der Waals surface area (Å²) >= 11 is 0. The number of hydrogen-bond donors (Lipinski definition) is 1. The van der Waals surface area contributed by atoms with E-state index in [0.717, 1.165) is 18.7 Å². The van der Waals surface area contributed by atoms with Gasteiger partial charge in [-0.2, -0.15) is 5.10 Å². The maximum absolute atomic E-state index is 5.23. The Hall–Kier alpha value is -1.81. The van der Waals surface area contributed by atoms with Gasteiger partial charge in [-0.15, -0.1) is 0 Å². The zero-order valence-corrected chi connectivity index (χ0v) is 12.8. The van der Waals surface area contributed by atoms with Crippen LogP contribution >= 0.6 is 0 Å². The van der Waals surface area contributed by atoms with Gasteiger partial charge in [0.05, 0.1) is 13.3 Å². The highest BCUT2D eigenvalue weighted by Crippen LogP contribution is 2.27. The second-order valence-corrected chi connectivity index (χ2v) is 5.71. The number of piperidine rings is 1. The minimum absolute atomic E-state index is 0.575. The van der Waals surface area contributed by atoms with Crippen molar-refractivity contribution in [1.29, 1.82) is 0 Å². The van der Waals surface area contributed by atoms with Gasteiger partial charge in [0.2, 0.25) is 0 Å². The van der Waals surface area contributed by atoms with E-state index >= 15 is 0 Å². The summed E-state index contributed by atoms with van der Waals surface area (Å²) in [6, 6.07) is 8.79. The molecule has 1 aromatic heterocycles. The zero-order chi connectivity index (χ0) is 14.7. The van der Waals surface area contributed by atoms with E-state index in [9.17, 15) is 0 Å². The Bertz CT molecular complexity index is 583. The van der Waals surface area contributed by atoms with Crippen molar-refractivity contribution in [2.45, 2.75) is 31.7 Å². The summed E-state index contributed by atoms with van der Waals surface area (Å²) in [5, 5.41) is 8.08. The molecule has 0 spiro atoms. The molecule has 1 fully saturated rings. The molecule has 112 valence electrons. The molecule has 2 heterocycles. The number of nitrogens with zero attached hydrogens (tertiary/aromatic N) is 2. The standard InChI is InChI=1S/C17H23N3O/c1-20-17(11-14-5-3-4-10-18-14)16(12-19-20)13-6-8-15(21-2)9-7-13/h6-9,12,14,18H,3-5,10-11H2,1-2H3. The van der Waals surface area contributed by atoms with E-state index in [-0.39, 0.29) is 0 Å². The van der Waals surface area contributed by atoms with E-state index in [0.29, 0.717) is 6.04 Å². The Morgan fingerprint density at radius 2 is 2.10 bits per heavy atom. The van der Waals surface area contributed by atoms with Gasteiger partial charge in [0.15, 0.2) is 0 Å². The average Bonchev–Trinajstić information content (AvgIpc) is 2.90. The highest BCUT2D eigenvalue weighted by Gasteiger charge is 2.18. The first-order valence-corrected chi connectivity index (χ1v) is 7.66. The fourth-order valence-electron chi connectivity index (χ4n) is 3.05. The lowest BCUT2D eigenvalue weighted by Crippen LogP contribution is -2.36. The molecule has 1 N–H and O–H groups in total. The van der Waals surface area contributed by atoms with Crippen LogP contribution < -0.4 is 10.1 Å². The van der Waals surface area contributed by atoms with Gasteiger partial charge in [0.1, 0.15) is 5.75 Å². The van der Waals surface area contributed by atoms with E-state index < -0.39 is 0 Å². The summed E-state index contributed by atoms with van der Waals surface area (Å²) in [6.07, 6.45) is 6.89. The Morgan fingerprint density at radius 3 is 2.76 bits per heavy atom. The van der Waals surface area contributed by atoms with Crippen molar-refractivity contribution in [2.75, 3.05) is 13.7 Å². The van der Waals surface area contributed by atoms with Crippen molar-refractivity contribution >= 4 is 0 Å². The quantitative estimate of drug-likeness (QED) is 0.939. The largest absolute Gasteiger partial charge is 0.497 e. The SMILES string of the molecule is COc1ccc(-c2cnn(C)c2CC2CCCCN2)cc1. The fraction of sp³-hybridized carbons (Fsp3) is 0.471. The van der Waals surface area contributed by atoms with E-state index in [1.165, 1.54) is 36.1 Å². The van der Waals surface area contributed by atoms with Crippen molar-refractivity contribution in [3.8, 4) is 16.9 Å². The number of aromatic nitrogens is 2. The zero-order valence-electron chi connectivity index (χ0n) is 12.8. The lowest BCUT2D eigenvalue weighted by atomic mass is 9.97. The van der Waals surface area contributed by atoms with Crippen LogP contribution in [0.4, 0.5) is 0 Å². The minimum atomic E-state index is 0.575. The van der Waals surface area contributed by atoms with Crippen LogP contribution in [0, 0.1) is 0 Å². The predicted octanol–water partition coefficient (Wildman–Crippen LogP) is 2.78. The summed E-state index contributed by atoms with van der Waals surface area (Å²) in [4.78, 5) is 0. The predicted molar refractivity (Wildman–Crippen MR) is 84.5 cm³/mol. The van der Waals surface area contributed by atoms with Crippen molar-refractivity contribution in [1.82, 2.24) is 15.1 Å². The molecular weight excluding hydrogens is 262 g/mol. The average molecular weight is 285 g/mol. The lowest BCUT2D eigenvalue weighted by Gasteiger charge is -2.24. The van der Waals surface area contributed by atoms with E-state index in [1.54, 1.807) is 7.11 Å². The van der Waals surface area contributed by atoms with Gasteiger partial charge >= 0.3 is 0 Å². The van der Waals surface area contributed by atoms with E-state index in [2.05, 4.69) is 22.5 Å². The van der Waals surface area contributed by atoms with E-state index in [4.69, 9.17) is 4.74 Å². The number of ether oxygens (including phenoxy) is 1. The molecule has 1 aliphatic rings. The molecule has 0 bridgehead atoms. The van der Waals surface area contributed by atoms with Gasteiger partial charge in [0.25, 0.3) is 0 Å². The molecule has 1 aliphatic heterocycles. The first kappa shape index (κ1) is 14.1. The smallest absolute Gasteiger partial charge is 0.118 e. The molecule has 1 aromatic carbocycles. The number of aryl methyl sites for hydroxylation is 1. The third-order valence-corrected chi connectivity index (χ3v) is 4.31. The number of benzene rings is 1. The van der Waals surface area contributed by atoms with Crippen LogP contribution in [0.5, 0.6) is 5.75 Å². The molecule has 0 radical (unpaired) electrons. The minimum Gasteiger partial charge on any atom is -0.497 e. The van der Waals surface area contributed by atoms with Crippen LogP contribution in [0.15, 0.2) is 30.5 Å². The topological polar surface area (TPSA) is 39.1 Å². The molecule has 2 aromatic rings. The van der Waals surface area contributed by atoms with Gasteiger partial charge in [0, 0.05) is 30.8 Å². The summed E-state index contributed by atoms with van der Waals surface area (Å²) < 4.78 is 7.24. The Labute approximate surface area is 126 Å². The monoisotopic (exact) mass is 285 g/mol. The molecule has 0 aliphatic carbocycles. The molecule has 0 saturated carbocycles. The molecule has 4 nitrogen and oxygen atoms in total. The van der Waals surface area contributed by atoms with Crippen molar-refractivity contribution in [3.63, 3.8) is 0 Å². The Balaban J connectivity index is 1.84. The summed E-state index contributed by atoms with van der Waals surface area (Å²) in [5.74, 6) is 0.887. The molecule has 4 heteroatoms. The molecule has 1 saturated heterocycles. The third-order valence-electron chi connectivity index (χ3n) is 4.31. The number of rotatable bonds is 4. The van der Waals surface area contributed by atoms with Gasteiger partial charge in [-0.1, -0.05) is 18.6 Å². The number of hydrogen-bond acceptors (Lipinski definition) is 3. The number of nitrogens with one attached hydrogen (secondary N) is 1. The third kappa shape index (κ3) is 3.10. The van der Waals surface area contributed by atoms with E-state index in [1.807, 2.05) is 30.1 Å². The van der Waals surface area contributed by atoms with Gasteiger partial charge in [-0.25, -0.2) is 0 Å². The van der Waals surface area contributed by atoms with Crippen LogP contribution in [-0.2, 0) is 13.5 Å². The molecule has 0 amide bonds. The van der Waals surface area contributed by atoms with Crippen LogP contribution in [0.3, 0.4) is 0 Å². The maximum atomic E-state index is 5.23. The van der Waals surface area contributed by atoms with Crippen molar-refractivity contribution in [3.05, 3.63) is 36.2 Å². The Morgan fingerprint density at radius 1 is 1.29 bits per heavy atom. The highest BCUT2D eigenvalue weighted by atomic mass is 16.5. The normalized spacial score (nSPS) is 18.7. The molecule has 1 unspecified atom stereocenters. The summed E-state index contributed by atoms with van der Waals surface area (Å²) in [5.41, 5.74) is 3.74. The summed E-state index contributed by atoms with van der Waals surface area (Å²) in [6.45, 7) is 1.14.